The molecule has 0 radical (unpaired) electrons. The minimum Gasteiger partial charge on any atom is -0.497 e. The highest BCUT2D eigenvalue weighted by molar-refractivity contribution is 7.92. The van der Waals surface area contributed by atoms with Crippen molar-refractivity contribution < 1.29 is 22.7 Å². The zero-order valence-electron chi connectivity index (χ0n) is 20.8. The summed E-state index contributed by atoms with van der Waals surface area (Å²) in [6, 6.07) is 12.6. The summed E-state index contributed by atoms with van der Waals surface area (Å²) in [5, 5.41) is 3.34. The van der Waals surface area contributed by atoms with Crippen LogP contribution >= 0.6 is 11.6 Å². The van der Waals surface area contributed by atoms with Crippen LogP contribution in [0.2, 0.25) is 5.02 Å². The summed E-state index contributed by atoms with van der Waals surface area (Å²) in [7, 11) is -2.25. The Morgan fingerprint density at radius 1 is 1.11 bits per heavy atom. The lowest BCUT2D eigenvalue weighted by Crippen LogP contribution is -2.52. The van der Waals surface area contributed by atoms with Crippen molar-refractivity contribution in [1.82, 2.24) is 10.2 Å². The van der Waals surface area contributed by atoms with Gasteiger partial charge in [0.05, 0.1) is 19.1 Å². The molecule has 0 bridgehead atoms. The number of methoxy groups -OCH3 is 1. The highest BCUT2D eigenvalue weighted by Gasteiger charge is 2.31. The number of rotatable bonds is 12. The molecule has 0 aliphatic carbocycles. The van der Waals surface area contributed by atoms with Gasteiger partial charge in [0.15, 0.2) is 0 Å². The van der Waals surface area contributed by atoms with Gasteiger partial charge < -0.3 is 15.0 Å². The second-order valence-corrected chi connectivity index (χ2v) is 11.0. The number of halogens is 1. The zero-order chi connectivity index (χ0) is 26.2. The van der Waals surface area contributed by atoms with E-state index in [-0.39, 0.29) is 18.4 Å². The van der Waals surface area contributed by atoms with Crippen LogP contribution in [0, 0.1) is 5.92 Å². The van der Waals surface area contributed by atoms with Crippen molar-refractivity contribution >= 4 is 39.1 Å². The first-order chi connectivity index (χ1) is 16.5. The average molecular weight is 524 g/mol. The smallest absolute Gasteiger partial charge is 0.244 e. The van der Waals surface area contributed by atoms with Crippen LogP contribution in [0.15, 0.2) is 48.5 Å². The molecule has 2 aromatic rings. The Kier molecular flexibility index (Phi) is 10.4. The fraction of sp³-hybridized carbons (Fsp3) is 0.440. The van der Waals surface area contributed by atoms with E-state index < -0.39 is 28.5 Å². The summed E-state index contributed by atoms with van der Waals surface area (Å²) in [6.07, 6.45) is 1.40. The molecule has 2 aromatic carbocycles. The van der Waals surface area contributed by atoms with E-state index in [0.717, 1.165) is 16.1 Å². The Morgan fingerprint density at radius 3 is 2.31 bits per heavy atom. The van der Waals surface area contributed by atoms with Crippen LogP contribution in [0.25, 0.3) is 0 Å². The molecule has 0 heterocycles. The lowest BCUT2D eigenvalue weighted by atomic mass is 10.1. The first-order valence-corrected chi connectivity index (χ1v) is 13.6. The summed E-state index contributed by atoms with van der Waals surface area (Å²) in [6.45, 7) is 5.91. The maximum absolute atomic E-state index is 13.6. The van der Waals surface area contributed by atoms with E-state index in [1.165, 1.54) is 17.0 Å². The normalized spacial score (nSPS) is 12.2. The highest BCUT2D eigenvalue weighted by atomic mass is 35.5. The topological polar surface area (TPSA) is 96.0 Å². The van der Waals surface area contributed by atoms with Gasteiger partial charge in [-0.3, -0.25) is 13.9 Å². The minimum absolute atomic E-state index is 0.113. The predicted molar refractivity (Wildman–Crippen MR) is 139 cm³/mol. The lowest BCUT2D eigenvalue weighted by molar-refractivity contribution is -0.140. The average Bonchev–Trinajstić information content (AvgIpc) is 2.81. The fourth-order valence-corrected chi connectivity index (χ4v) is 4.51. The molecule has 1 atom stereocenters. The second-order valence-electron chi connectivity index (χ2n) is 8.68. The molecule has 0 saturated carbocycles. The molecule has 0 aliphatic rings. The molecule has 192 valence electrons. The van der Waals surface area contributed by atoms with Crippen molar-refractivity contribution in [3.8, 4) is 5.75 Å². The van der Waals surface area contributed by atoms with Gasteiger partial charge in [-0.25, -0.2) is 8.42 Å². The molecule has 0 fully saturated rings. The molecule has 0 saturated heterocycles. The molecule has 0 aromatic heterocycles. The Bertz CT molecular complexity index is 1110. The van der Waals surface area contributed by atoms with Crippen LogP contribution in [0.5, 0.6) is 5.75 Å². The molecular weight excluding hydrogens is 490 g/mol. The van der Waals surface area contributed by atoms with E-state index in [1.807, 2.05) is 26.8 Å². The van der Waals surface area contributed by atoms with E-state index in [2.05, 4.69) is 5.32 Å². The fourth-order valence-electron chi connectivity index (χ4n) is 3.53. The van der Waals surface area contributed by atoms with Gasteiger partial charge in [0.1, 0.15) is 18.3 Å². The van der Waals surface area contributed by atoms with E-state index in [9.17, 15) is 18.0 Å². The Labute approximate surface area is 213 Å². The maximum Gasteiger partial charge on any atom is 0.244 e. The Balaban J connectivity index is 2.42. The second kappa shape index (κ2) is 12.8. The number of anilines is 1. The minimum atomic E-state index is -3.79. The van der Waals surface area contributed by atoms with E-state index >= 15 is 0 Å². The third-order valence-electron chi connectivity index (χ3n) is 5.35. The van der Waals surface area contributed by atoms with Gasteiger partial charge in [0.2, 0.25) is 21.8 Å². The third kappa shape index (κ3) is 8.43. The maximum atomic E-state index is 13.6. The highest BCUT2D eigenvalue weighted by Crippen LogP contribution is 2.22. The van der Waals surface area contributed by atoms with Crippen molar-refractivity contribution in [1.29, 1.82) is 0 Å². The molecule has 0 aliphatic heterocycles. The molecule has 8 nitrogen and oxygen atoms in total. The first-order valence-electron chi connectivity index (χ1n) is 11.4. The van der Waals surface area contributed by atoms with Gasteiger partial charge >= 0.3 is 0 Å². The summed E-state index contributed by atoms with van der Waals surface area (Å²) >= 11 is 5.95. The van der Waals surface area contributed by atoms with Crippen LogP contribution in [0.4, 0.5) is 5.69 Å². The van der Waals surface area contributed by atoms with Gasteiger partial charge in [-0.2, -0.15) is 0 Å². The van der Waals surface area contributed by atoms with Crippen molar-refractivity contribution in [2.45, 2.75) is 39.8 Å². The van der Waals surface area contributed by atoms with Crippen molar-refractivity contribution in [2.24, 2.45) is 5.92 Å². The molecule has 2 rings (SSSR count). The molecule has 2 amide bonds. The molecule has 0 unspecified atom stereocenters. The lowest BCUT2D eigenvalue weighted by Gasteiger charge is -2.33. The van der Waals surface area contributed by atoms with E-state index in [4.69, 9.17) is 16.3 Å². The number of carbonyl (C=O) groups is 2. The zero-order valence-corrected chi connectivity index (χ0v) is 22.4. The number of sulfonamides is 1. The monoisotopic (exact) mass is 523 g/mol. The van der Waals surface area contributed by atoms with Gasteiger partial charge in [-0.05, 0) is 54.3 Å². The van der Waals surface area contributed by atoms with Crippen LogP contribution in [0.3, 0.4) is 0 Å². The molecule has 0 spiro atoms. The van der Waals surface area contributed by atoms with Gasteiger partial charge in [-0.15, -0.1) is 0 Å². The van der Waals surface area contributed by atoms with E-state index in [1.54, 1.807) is 37.4 Å². The molecule has 1 N–H and O–H groups in total. The number of carbonyl (C=O) groups excluding carboxylic acids is 2. The molecule has 10 heteroatoms. The molecular formula is C25H34ClN3O5S. The Morgan fingerprint density at radius 2 is 1.77 bits per heavy atom. The summed E-state index contributed by atoms with van der Waals surface area (Å²) in [4.78, 5) is 28.1. The standard InChI is InChI=1S/C25H34ClN3O5S/c1-6-23(25(31)27-15-18(2)3)28(16-19-8-7-9-22(14-19)34-4)24(30)17-29(35(5,32)33)21-12-10-20(26)11-13-21/h7-14,18,23H,6,15-17H2,1-5H3,(H,27,31)/t23-/m1/s1. The number of nitrogens with one attached hydrogen (secondary N) is 1. The summed E-state index contributed by atoms with van der Waals surface area (Å²) < 4.78 is 31.5. The predicted octanol–water partition coefficient (Wildman–Crippen LogP) is 3.69. The van der Waals surface area contributed by atoms with Crippen molar-refractivity contribution in [3.05, 3.63) is 59.1 Å². The third-order valence-corrected chi connectivity index (χ3v) is 6.74. The number of hydrogen-bond donors (Lipinski definition) is 1. The SMILES string of the molecule is CC[C@H](C(=O)NCC(C)C)N(Cc1cccc(OC)c1)C(=O)CN(c1ccc(Cl)cc1)S(C)(=O)=O. The number of nitrogens with zero attached hydrogens (tertiary/aromatic N) is 2. The van der Waals surface area contributed by atoms with Gasteiger partial charge in [0.25, 0.3) is 0 Å². The van der Waals surface area contributed by atoms with Crippen LogP contribution in [-0.2, 0) is 26.2 Å². The summed E-state index contributed by atoms with van der Waals surface area (Å²) in [5.74, 6) is 0.0744. The number of ether oxygens (including phenoxy) is 1. The largest absolute Gasteiger partial charge is 0.497 e. The van der Waals surface area contributed by atoms with Gasteiger partial charge in [-0.1, -0.05) is 44.5 Å². The molecule has 35 heavy (non-hydrogen) atoms. The first kappa shape index (κ1) is 28.5. The van der Waals surface area contributed by atoms with Crippen LogP contribution < -0.4 is 14.4 Å². The van der Waals surface area contributed by atoms with Gasteiger partial charge in [0, 0.05) is 18.1 Å². The number of amides is 2. The van der Waals surface area contributed by atoms with Crippen molar-refractivity contribution in [2.75, 3.05) is 30.8 Å². The summed E-state index contributed by atoms with van der Waals surface area (Å²) in [5.41, 5.74) is 1.06. The quantitative estimate of drug-likeness (QED) is 0.457. The van der Waals surface area contributed by atoms with E-state index in [0.29, 0.717) is 29.4 Å². The van der Waals surface area contributed by atoms with Crippen LogP contribution in [-0.4, -0.2) is 57.6 Å². The van der Waals surface area contributed by atoms with Crippen LogP contribution in [0.1, 0.15) is 32.8 Å². The number of benzene rings is 2. The Hall–Kier alpha value is -2.78. The number of hydrogen-bond acceptors (Lipinski definition) is 5. The van der Waals surface area contributed by atoms with Crippen molar-refractivity contribution in [3.63, 3.8) is 0 Å².